The van der Waals surface area contributed by atoms with E-state index in [1.807, 2.05) is 20.8 Å². The molecule has 0 aliphatic carbocycles. The predicted octanol–water partition coefficient (Wildman–Crippen LogP) is 3.00. The van der Waals surface area contributed by atoms with Crippen LogP contribution in [0.3, 0.4) is 0 Å². The first kappa shape index (κ1) is 13.5. The van der Waals surface area contributed by atoms with Crippen molar-refractivity contribution in [3.8, 4) is 0 Å². The number of rotatable bonds is 4. The monoisotopic (exact) mass is 239 g/mol. The van der Waals surface area contributed by atoms with Gasteiger partial charge in [-0.05, 0) is 37.5 Å². The van der Waals surface area contributed by atoms with Crippen molar-refractivity contribution in [2.45, 2.75) is 33.3 Å². The second-order valence-electron chi connectivity index (χ2n) is 4.58. The Bertz CT molecular complexity index is 404. The van der Waals surface area contributed by atoms with Crippen molar-refractivity contribution in [1.29, 1.82) is 0 Å². The summed E-state index contributed by atoms with van der Waals surface area (Å²) in [7, 11) is 0. The number of carbonyl (C=O) groups excluding carboxylic acids is 1. The van der Waals surface area contributed by atoms with Gasteiger partial charge in [0.1, 0.15) is 5.82 Å². The standard InChI is InChI=1S/C13H18FNO2/c1-8(2)6-9(3)17-13(16)11-7-10(14)4-5-12(11)15/h4-5,7-9H,6,15H2,1-3H3. The Morgan fingerprint density at radius 2 is 2.06 bits per heavy atom. The van der Waals surface area contributed by atoms with Crippen LogP contribution >= 0.6 is 0 Å². The zero-order valence-electron chi connectivity index (χ0n) is 10.4. The van der Waals surface area contributed by atoms with Crippen LogP contribution in [-0.4, -0.2) is 12.1 Å². The van der Waals surface area contributed by atoms with Gasteiger partial charge in [-0.2, -0.15) is 0 Å². The Morgan fingerprint density at radius 1 is 1.41 bits per heavy atom. The molecule has 0 heterocycles. The van der Waals surface area contributed by atoms with Crippen molar-refractivity contribution < 1.29 is 13.9 Å². The Balaban J connectivity index is 2.73. The normalized spacial score (nSPS) is 12.5. The van der Waals surface area contributed by atoms with Crippen LogP contribution in [0.2, 0.25) is 0 Å². The van der Waals surface area contributed by atoms with Crippen LogP contribution in [-0.2, 0) is 4.74 Å². The van der Waals surface area contributed by atoms with Crippen LogP contribution in [0.5, 0.6) is 0 Å². The maximum atomic E-state index is 13.0. The van der Waals surface area contributed by atoms with E-state index < -0.39 is 11.8 Å². The molecule has 2 N–H and O–H groups in total. The molecular weight excluding hydrogens is 221 g/mol. The number of halogens is 1. The van der Waals surface area contributed by atoms with Gasteiger partial charge in [0.15, 0.2) is 0 Å². The zero-order valence-corrected chi connectivity index (χ0v) is 10.4. The number of hydrogen-bond acceptors (Lipinski definition) is 3. The average molecular weight is 239 g/mol. The fourth-order valence-electron chi connectivity index (χ4n) is 1.66. The first-order valence-electron chi connectivity index (χ1n) is 5.66. The topological polar surface area (TPSA) is 52.3 Å². The van der Waals surface area contributed by atoms with Crippen LogP contribution < -0.4 is 5.73 Å². The van der Waals surface area contributed by atoms with Crippen molar-refractivity contribution in [2.24, 2.45) is 5.92 Å². The van der Waals surface area contributed by atoms with Crippen molar-refractivity contribution in [2.75, 3.05) is 5.73 Å². The van der Waals surface area contributed by atoms with Gasteiger partial charge in [-0.1, -0.05) is 13.8 Å². The van der Waals surface area contributed by atoms with Crippen molar-refractivity contribution in [1.82, 2.24) is 0 Å². The van der Waals surface area contributed by atoms with Crippen molar-refractivity contribution in [3.63, 3.8) is 0 Å². The van der Waals surface area contributed by atoms with E-state index in [-0.39, 0.29) is 17.4 Å². The molecule has 4 heteroatoms. The molecule has 1 aromatic carbocycles. The minimum atomic E-state index is -0.574. The smallest absolute Gasteiger partial charge is 0.340 e. The van der Waals surface area contributed by atoms with E-state index in [2.05, 4.69) is 0 Å². The second kappa shape index (κ2) is 5.66. The van der Waals surface area contributed by atoms with Gasteiger partial charge in [0, 0.05) is 5.69 Å². The summed E-state index contributed by atoms with van der Waals surface area (Å²) in [6.07, 6.45) is 0.561. The summed E-state index contributed by atoms with van der Waals surface area (Å²) in [5, 5.41) is 0. The van der Waals surface area contributed by atoms with Crippen LogP contribution in [0, 0.1) is 11.7 Å². The Morgan fingerprint density at radius 3 is 2.65 bits per heavy atom. The molecule has 0 saturated carbocycles. The molecule has 3 nitrogen and oxygen atoms in total. The molecule has 1 rings (SSSR count). The lowest BCUT2D eigenvalue weighted by Crippen LogP contribution is -2.18. The number of benzene rings is 1. The van der Waals surface area contributed by atoms with E-state index in [0.717, 1.165) is 12.5 Å². The molecule has 0 radical (unpaired) electrons. The highest BCUT2D eigenvalue weighted by Crippen LogP contribution is 2.17. The number of hydrogen-bond donors (Lipinski definition) is 1. The molecular formula is C13H18FNO2. The van der Waals surface area contributed by atoms with Crippen molar-refractivity contribution >= 4 is 11.7 Å². The highest BCUT2D eigenvalue weighted by Gasteiger charge is 2.16. The molecule has 0 fully saturated rings. The third kappa shape index (κ3) is 4.06. The third-order valence-electron chi connectivity index (χ3n) is 2.35. The molecule has 1 aromatic rings. The molecule has 0 bridgehead atoms. The van der Waals surface area contributed by atoms with E-state index in [1.165, 1.54) is 12.1 Å². The van der Waals surface area contributed by atoms with Gasteiger partial charge in [-0.3, -0.25) is 0 Å². The number of esters is 1. The average Bonchev–Trinajstić information content (AvgIpc) is 2.20. The van der Waals surface area contributed by atoms with Crippen LogP contribution in [0.1, 0.15) is 37.6 Å². The van der Waals surface area contributed by atoms with E-state index in [4.69, 9.17) is 10.5 Å². The third-order valence-corrected chi connectivity index (χ3v) is 2.35. The lowest BCUT2D eigenvalue weighted by Gasteiger charge is -2.15. The first-order chi connectivity index (χ1) is 7.90. The number of anilines is 1. The summed E-state index contributed by atoms with van der Waals surface area (Å²) in [6, 6.07) is 3.67. The number of nitrogen functional groups attached to an aromatic ring is 1. The Hall–Kier alpha value is -1.58. The second-order valence-corrected chi connectivity index (χ2v) is 4.58. The van der Waals surface area contributed by atoms with E-state index in [9.17, 15) is 9.18 Å². The van der Waals surface area contributed by atoms with Gasteiger partial charge >= 0.3 is 5.97 Å². The fraction of sp³-hybridized carbons (Fsp3) is 0.462. The largest absolute Gasteiger partial charge is 0.459 e. The van der Waals surface area contributed by atoms with Crippen LogP contribution in [0.4, 0.5) is 10.1 Å². The maximum absolute atomic E-state index is 13.0. The summed E-state index contributed by atoms with van der Waals surface area (Å²) in [4.78, 5) is 11.7. The minimum absolute atomic E-state index is 0.0839. The summed E-state index contributed by atoms with van der Waals surface area (Å²) in [6.45, 7) is 5.90. The van der Waals surface area contributed by atoms with E-state index in [0.29, 0.717) is 5.92 Å². The highest BCUT2D eigenvalue weighted by molar-refractivity contribution is 5.95. The summed E-state index contributed by atoms with van der Waals surface area (Å²) in [5.74, 6) is -0.638. The fourth-order valence-corrected chi connectivity index (χ4v) is 1.66. The summed E-state index contributed by atoms with van der Waals surface area (Å²) >= 11 is 0. The SMILES string of the molecule is CC(C)CC(C)OC(=O)c1cc(F)ccc1N. The minimum Gasteiger partial charge on any atom is -0.459 e. The Kier molecular flexibility index (Phi) is 4.49. The van der Waals surface area contributed by atoms with Gasteiger partial charge in [-0.15, -0.1) is 0 Å². The van der Waals surface area contributed by atoms with Gasteiger partial charge in [0.2, 0.25) is 0 Å². The van der Waals surface area contributed by atoms with Crippen LogP contribution in [0.25, 0.3) is 0 Å². The quantitative estimate of drug-likeness (QED) is 0.649. The summed E-state index contributed by atoms with van der Waals surface area (Å²) in [5.41, 5.74) is 5.91. The maximum Gasteiger partial charge on any atom is 0.340 e. The van der Waals surface area contributed by atoms with Gasteiger partial charge < -0.3 is 10.5 Å². The molecule has 0 spiro atoms. The molecule has 0 aliphatic heterocycles. The zero-order chi connectivity index (χ0) is 13.0. The number of carbonyl (C=O) groups is 1. The molecule has 1 unspecified atom stereocenters. The molecule has 94 valence electrons. The lowest BCUT2D eigenvalue weighted by atomic mass is 10.1. The summed E-state index contributed by atoms with van der Waals surface area (Å²) < 4.78 is 18.2. The van der Waals surface area contributed by atoms with E-state index in [1.54, 1.807) is 0 Å². The molecule has 0 amide bonds. The number of nitrogens with two attached hydrogens (primary N) is 1. The molecule has 0 saturated heterocycles. The molecule has 0 aromatic heterocycles. The lowest BCUT2D eigenvalue weighted by molar-refractivity contribution is 0.0300. The number of ether oxygens (including phenoxy) is 1. The molecule has 0 aliphatic rings. The van der Waals surface area contributed by atoms with Gasteiger partial charge in [0.25, 0.3) is 0 Å². The van der Waals surface area contributed by atoms with Crippen molar-refractivity contribution in [3.05, 3.63) is 29.6 Å². The Labute approximate surface area is 101 Å². The van der Waals surface area contributed by atoms with E-state index >= 15 is 0 Å². The van der Waals surface area contributed by atoms with Gasteiger partial charge in [0.05, 0.1) is 11.7 Å². The first-order valence-corrected chi connectivity index (χ1v) is 5.66. The molecule has 1 atom stereocenters. The van der Waals surface area contributed by atoms with Gasteiger partial charge in [-0.25, -0.2) is 9.18 Å². The predicted molar refractivity (Wildman–Crippen MR) is 65.1 cm³/mol. The highest BCUT2D eigenvalue weighted by atomic mass is 19.1. The van der Waals surface area contributed by atoms with Crippen LogP contribution in [0.15, 0.2) is 18.2 Å². The molecule has 17 heavy (non-hydrogen) atoms.